The summed E-state index contributed by atoms with van der Waals surface area (Å²) in [5, 5.41) is 2.92. The number of fused-ring (bicyclic) bond motifs is 1. The highest BCUT2D eigenvalue weighted by Gasteiger charge is 2.23. The number of urea groups is 1. The van der Waals surface area contributed by atoms with E-state index in [4.69, 9.17) is 4.74 Å². The molecule has 0 saturated carbocycles. The van der Waals surface area contributed by atoms with Gasteiger partial charge in [-0.05, 0) is 24.3 Å². The Morgan fingerprint density at radius 1 is 1.12 bits per heavy atom. The van der Waals surface area contributed by atoms with Gasteiger partial charge < -0.3 is 10.1 Å². The summed E-state index contributed by atoms with van der Waals surface area (Å²) in [5.74, 6) is -0.658. The Labute approximate surface area is 152 Å². The Morgan fingerprint density at radius 2 is 1.85 bits per heavy atom. The minimum atomic E-state index is -4.05. The van der Waals surface area contributed by atoms with Gasteiger partial charge in [-0.2, -0.15) is 0 Å². The zero-order chi connectivity index (χ0) is 18.7. The molecular weight excluding hydrogens is 378 g/mol. The molecule has 0 aliphatic heterocycles. The average molecular weight is 391 g/mol. The van der Waals surface area contributed by atoms with Gasteiger partial charge in [-0.25, -0.2) is 27.7 Å². The molecule has 0 bridgehead atoms. The molecule has 0 unspecified atom stereocenters. The lowest BCUT2D eigenvalue weighted by Crippen LogP contribution is -2.34. The topological polar surface area (TPSA) is 114 Å². The van der Waals surface area contributed by atoms with Crippen LogP contribution in [0.15, 0.2) is 53.6 Å². The summed E-state index contributed by atoms with van der Waals surface area (Å²) < 4.78 is 31.1. The predicted molar refractivity (Wildman–Crippen MR) is 96.7 cm³/mol. The number of rotatable bonds is 4. The van der Waals surface area contributed by atoms with E-state index < -0.39 is 22.0 Å². The molecule has 1 aromatic carbocycles. The highest BCUT2D eigenvalue weighted by molar-refractivity contribution is 7.90. The Balaban J connectivity index is 1.91. The fraction of sp³-hybridized carbons (Fsp3) is 0.0625. The van der Waals surface area contributed by atoms with Gasteiger partial charge in [-0.3, -0.25) is 0 Å². The lowest BCUT2D eigenvalue weighted by atomic mass is 10.2. The molecule has 3 rings (SSSR count). The number of pyridine rings is 1. The summed E-state index contributed by atoms with van der Waals surface area (Å²) in [5.41, 5.74) is 0.144. The summed E-state index contributed by atoms with van der Waals surface area (Å²) in [6.45, 7) is 0. The Kier molecular flexibility index (Phi) is 4.87. The number of carbonyl (C=O) groups excluding carboxylic acids is 2. The van der Waals surface area contributed by atoms with E-state index in [2.05, 4.69) is 10.3 Å². The van der Waals surface area contributed by atoms with Crippen LogP contribution in [0.4, 0.5) is 10.5 Å². The molecule has 0 saturated heterocycles. The van der Waals surface area contributed by atoms with Gasteiger partial charge in [0.05, 0.1) is 17.7 Å². The number of nitrogens with one attached hydrogen (secondary N) is 2. The van der Waals surface area contributed by atoms with Crippen LogP contribution in [0.5, 0.6) is 0 Å². The van der Waals surface area contributed by atoms with Gasteiger partial charge in [0.1, 0.15) is 9.71 Å². The number of sulfonamides is 1. The number of amides is 2. The van der Waals surface area contributed by atoms with Crippen LogP contribution < -0.4 is 10.0 Å². The van der Waals surface area contributed by atoms with Crippen molar-refractivity contribution in [2.75, 3.05) is 12.4 Å². The molecule has 2 amide bonds. The minimum Gasteiger partial charge on any atom is -0.465 e. The zero-order valence-corrected chi connectivity index (χ0v) is 15.1. The third kappa shape index (κ3) is 3.51. The van der Waals surface area contributed by atoms with E-state index in [1.54, 1.807) is 36.5 Å². The van der Waals surface area contributed by atoms with Crippen molar-refractivity contribution in [3.8, 4) is 0 Å². The van der Waals surface area contributed by atoms with Crippen LogP contribution >= 0.6 is 11.3 Å². The third-order valence-corrected chi connectivity index (χ3v) is 5.80. The number of hydrogen-bond acceptors (Lipinski definition) is 7. The molecule has 3 aromatic rings. The standard InChI is InChI=1S/C16H13N3O5S2/c1-24-15(20)13-12(11-8-5-9-17-14(11)25-13)18-16(21)19-26(22,23)10-6-3-2-4-7-10/h2-9H,1H3,(H2,18,19,21). The fourth-order valence-electron chi connectivity index (χ4n) is 2.21. The number of esters is 1. The minimum absolute atomic E-state index is 0.0554. The molecule has 0 radical (unpaired) electrons. The first kappa shape index (κ1) is 17.8. The number of ether oxygens (including phenoxy) is 1. The molecule has 0 aliphatic carbocycles. The number of benzene rings is 1. The number of methoxy groups -OCH3 is 1. The van der Waals surface area contributed by atoms with Crippen molar-refractivity contribution in [3.63, 3.8) is 0 Å². The second kappa shape index (κ2) is 7.10. The Bertz CT molecular complexity index is 1080. The van der Waals surface area contributed by atoms with Crippen LogP contribution in [-0.4, -0.2) is 32.5 Å². The van der Waals surface area contributed by atoms with Crippen LogP contribution in [0.2, 0.25) is 0 Å². The van der Waals surface area contributed by atoms with E-state index in [9.17, 15) is 18.0 Å². The predicted octanol–water partition coefficient (Wildman–Crippen LogP) is 2.59. The lowest BCUT2D eigenvalue weighted by Gasteiger charge is -2.09. The number of nitrogens with zero attached hydrogens (tertiary/aromatic N) is 1. The SMILES string of the molecule is COC(=O)c1sc2ncccc2c1NC(=O)NS(=O)(=O)c1ccccc1. The molecular formula is C16H13N3O5S2. The van der Waals surface area contributed by atoms with Crippen LogP contribution in [0.3, 0.4) is 0 Å². The first-order valence-corrected chi connectivity index (χ1v) is 9.57. The van der Waals surface area contributed by atoms with Gasteiger partial charge in [-0.1, -0.05) is 18.2 Å². The monoisotopic (exact) mass is 391 g/mol. The molecule has 26 heavy (non-hydrogen) atoms. The quantitative estimate of drug-likeness (QED) is 0.661. The molecule has 2 heterocycles. The largest absolute Gasteiger partial charge is 0.465 e. The van der Waals surface area contributed by atoms with Crippen molar-refractivity contribution >= 4 is 49.3 Å². The van der Waals surface area contributed by atoms with Crippen molar-refractivity contribution < 1.29 is 22.7 Å². The molecule has 0 fully saturated rings. The van der Waals surface area contributed by atoms with Crippen LogP contribution in [-0.2, 0) is 14.8 Å². The van der Waals surface area contributed by atoms with Crippen LogP contribution in [0.1, 0.15) is 9.67 Å². The first-order valence-electron chi connectivity index (χ1n) is 7.27. The highest BCUT2D eigenvalue weighted by Crippen LogP contribution is 2.34. The maximum Gasteiger partial charge on any atom is 0.350 e. The number of aromatic nitrogens is 1. The van der Waals surface area contributed by atoms with Crippen LogP contribution in [0.25, 0.3) is 10.2 Å². The van der Waals surface area contributed by atoms with Crippen molar-refractivity contribution in [3.05, 3.63) is 53.5 Å². The second-order valence-corrected chi connectivity index (χ2v) is 7.71. The number of hydrogen-bond donors (Lipinski definition) is 2. The van der Waals surface area contributed by atoms with Gasteiger partial charge in [0, 0.05) is 11.6 Å². The smallest absolute Gasteiger partial charge is 0.350 e. The molecule has 134 valence electrons. The molecule has 10 heteroatoms. The van der Waals surface area contributed by atoms with E-state index >= 15 is 0 Å². The lowest BCUT2D eigenvalue weighted by molar-refractivity contribution is 0.0607. The Morgan fingerprint density at radius 3 is 2.54 bits per heavy atom. The number of thiophene rings is 1. The van der Waals surface area contributed by atoms with E-state index in [0.29, 0.717) is 10.2 Å². The van der Waals surface area contributed by atoms with Gasteiger partial charge in [-0.15, -0.1) is 11.3 Å². The summed E-state index contributed by atoms with van der Waals surface area (Å²) in [4.78, 5) is 28.9. The zero-order valence-electron chi connectivity index (χ0n) is 13.4. The van der Waals surface area contributed by atoms with Gasteiger partial charge in [0.25, 0.3) is 10.0 Å². The normalized spacial score (nSPS) is 11.1. The maximum absolute atomic E-state index is 12.2. The second-order valence-electron chi connectivity index (χ2n) is 5.03. The number of anilines is 1. The average Bonchev–Trinajstić information content (AvgIpc) is 3.00. The van der Waals surface area contributed by atoms with E-state index in [0.717, 1.165) is 11.3 Å². The van der Waals surface area contributed by atoms with E-state index in [1.807, 2.05) is 4.72 Å². The molecule has 0 spiro atoms. The molecule has 2 aromatic heterocycles. The summed E-state index contributed by atoms with van der Waals surface area (Å²) in [6.07, 6.45) is 1.55. The maximum atomic E-state index is 12.2. The van der Waals surface area contributed by atoms with Crippen molar-refractivity contribution in [2.45, 2.75) is 4.90 Å². The summed E-state index contributed by atoms with van der Waals surface area (Å²) in [7, 11) is -2.83. The third-order valence-electron chi connectivity index (χ3n) is 3.36. The first-order chi connectivity index (χ1) is 12.4. The van der Waals surface area contributed by atoms with Gasteiger partial charge in [0.15, 0.2) is 0 Å². The molecule has 2 N–H and O–H groups in total. The number of carbonyl (C=O) groups is 2. The summed E-state index contributed by atoms with van der Waals surface area (Å²) >= 11 is 1.04. The Hall–Kier alpha value is -2.98. The molecule has 0 aliphatic rings. The highest BCUT2D eigenvalue weighted by atomic mass is 32.2. The van der Waals surface area contributed by atoms with Crippen molar-refractivity contribution in [1.82, 2.24) is 9.71 Å². The summed E-state index contributed by atoms with van der Waals surface area (Å²) in [6, 6.07) is 9.76. The van der Waals surface area contributed by atoms with E-state index in [1.165, 1.54) is 19.2 Å². The molecule has 8 nitrogen and oxygen atoms in total. The van der Waals surface area contributed by atoms with E-state index in [-0.39, 0.29) is 15.5 Å². The van der Waals surface area contributed by atoms with Gasteiger partial charge in [0.2, 0.25) is 0 Å². The fourth-order valence-corrected chi connectivity index (χ4v) is 4.16. The molecule has 0 atom stereocenters. The van der Waals surface area contributed by atoms with Crippen molar-refractivity contribution in [1.29, 1.82) is 0 Å². The van der Waals surface area contributed by atoms with Crippen molar-refractivity contribution in [2.24, 2.45) is 0 Å². The van der Waals surface area contributed by atoms with Gasteiger partial charge >= 0.3 is 12.0 Å². The van der Waals surface area contributed by atoms with Crippen LogP contribution in [0, 0.1) is 0 Å².